The Morgan fingerprint density at radius 1 is 1.25 bits per heavy atom. The molecule has 3 rings (SSSR count). The van der Waals surface area contributed by atoms with Gasteiger partial charge in [-0.1, -0.05) is 23.7 Å². The number of rotatable bonds is 3. The Bertz CT molecular complexity index is 468. The largest absolute Gasteiger partial charge is 0.375 e. The molecule has 1 saturated carbocycles. The maximum absolute atomic E-state index is 6.06. The molecule has 0 bridgehead atoms. The summed E-state index contributed by atoms with van der Waals surface area (Å²) in [5.41, 5.74) is 1.43. The Hall–Kier alpha value is -0.570. The minimum atomic E-state index is 0.0338. The zero-order chi connectivity index (χ0) is 14.2. The molecule has 1 unspecified atom stereocenters. The fourth-order valence-electron chi connectivity index (χ4n) is 3.49. The quantitative estimate of drug-likeness (QED) is 0.904. The zero-order valence-corrected chi connectivity index (χ0v) is 13.1. The van der Waals surface area contributed by atoms with Crippen LogP contribution in [-0.4, -0.2) is 24.3 Å². The van der Waals surface area contributed by atoms with E-state index in [4.69, 9.17) is 16.3 Å². The summed E-state index contributed by atoms with van der Waals surface area (Å²) in [5.74, 6) is 0.680. The van der Waals surface area contributed by atoms with E-state index >= 15 is 0 Å². The molecular weight excluding hydrogens is 270 g/mol. The fraction of sp³-hybridized carbons (Fsp3) is 0.647. The van der Waals surface area contributed by atoms with Crippen LogP contribution in [0.15, 0.2) is 24.3 Å². The molecule has 1 aliphatic heterocycles. The molecule has 20 heavy (non-hydrogen) atoms. The standard InChI is InChI=1S/C17H24ClNO/c1-17(2)11-15(6-7-20-17)19-16-9-13(10-16)12-4-3-5-14(18)8-12/h3-5,8,13,15-16,19H,6-7,9-11H2,1-2H3. The summed E-state index contributed by atoms with van der Waals surface area (Å²) in [6.07, 6.45) is 4.73. The Balaban J connectivity index is 1.49. The van der Waals surface area contributed by atoms with E-state index in [9.17, 15) is 0 Å². The van der Waals surface area contributed by atoms with Crippen LogP contribution in [0, 0.1) is 0 Å². The third-order valence-electron chi connectivity index (χ3n) is 4.63. The maximum Gasteiger partial charge on any atom is 0.0641 e. The number of nitrogens with one attached hydrogen (secondary N) is 1. The fourth-order valence-corrected chi connectivity index (χ4v) is 3.69. The minimum Gasteiger partial charge on any atom is -0.375 e. The van der Waals surface area contributed by atoms with Gasteiger partial charge in [0.05, 0.1) is 5.60 Å². The highest BCUT2D eigenvalue weighted by Crippen LogP contribution is 2.38. The van der Waals surface area contributed by atoms with Gasteiger partial charge >= 0.3 is 0 Å². The van der Waals surface area contributed by atoms with Gasteiger partial charge in [0.2, 0.25) is 0 Å². The molecule has 1 N–H and O–H groups in total. The van der Waals surface area contributed by atoms with Gasteiger partial charge in [-0.3, -0.25) is 0 Å². The molecule has 0 amide bonds. The van der Waals surface area contributed by atoms with Gasteiger partial charge in [-0.25, -0.2) is 0 Å². The Labute approximate surface area is 126 Å². The molecule has 0 aromatic heterocycles. The second-order valence-corrected chi connectivity index (χ2v) is 7.32. The van der Waals surface area contributed by atoms with Gasteiger partial charge in [-0.05, 0) is 63.1 Å². The summed E-state index contributed by atoms with van der Waals surface area (Å²) in [5, 5.41) is 4.66. The van der Waals surface area contributed by atoms with Crippen LogP contribution in [-0.2, 0) is 4.74 Å². The van der Waals surface area contributed by atoms with Crippen molar-refractivity contribution in [2.24, 2.45) is 0 Å². The minimum absolute atomic E-state index is 0.0338. The lowest BCUT2D eigenvalue weighted by atomic mass is 9.75. The number of hydrogen-bond acceptors (Lipinski definition) is 2. The molecular formula is C17H24ClNO. The molecule has 2 aliphatic rings. The maximum atomic E-state index is 6.06. The zero-order valence-electron chi connectivity index (χ0n) is 12.4. The van der Waals surface area contributed by atoms with Crippen LogP contribution in [0.1, 0.15) is 51.0 Å². The van der Waals surface area contributed by atoms with Crippen molar-refractivity contribution in [3.05, 3.63) is 34.9 Å². The van der Waals surface area contributed by atoms with Crippen LogP contribution in [0.5, 0.6) is 0 Å². The predicted octanol–water partition coefficient (Wildman–Crippen LogP) is 4.13. The van der Waals surface area contributed by atoms with E-state index in [0.29, 0.717) is 18.0 Å². The van der Waals surface area contributed by atoms with E-state index in [1.165, 1.54) is 18.4 Å². The van der Waals surface area contributed by atoms with Crippen molar-refractivity contribution in [3.63, 3.8) is 0 Å². The molecule has 0 radical (unpaired) electrons. The first-order chi connectivity index (χ1) is 9.52. The Kier molecular flexibility index (Phi) is 4.07. The van der Waals surface area contributed by atoms with Crippen molar-refractivity contribution in [3.8, 4) is 0 Å². The Morgan fingerprint density at radius 3 is 2.75 bits per heavy atom. The number of ether oxygens (including phenoxy) is 1. The van der Waals surface area contributed by atoms with E-state index in [1.54, 1.807) is 0 Å². The molecule has 1 aromatic carbocycles. The van der Waals surface area contributed by atoms with E-state index in [-0.39, 0.29) is 5.60 Å². The van der Waals surface area contributed by atoms with Crippen LogP contribution < -0.4 is 5.32 Å². The molecule has 1 heterocycles. The number of benzene rings is 1. The Morgan fingerprint density at radius 2 is 2.05 bits per heavy atom. The molecule has 110 valence electrons. The summed E-state index contributed by atoms with van der Waals surface area (Å²) in [4.78, 5) is 0. The smallest absolute Gasteiger partial charge is 0.0641 e. The molecule has 1 aliphatic carbocycles. The molecule has 1 saturated heterocycles. The lowest BCUT2D eigenvalue weighted by molar-refractivity contribution is -0.0655. The van der Waals surface area contributed by atoms with Crippen molar-refractivity contribution in [2.75, 3.05) is 6.61 Å². The first-order valence-corrected chi connectivity index (χ1v) is 8.05. The van der Waals surface area contributed by atoms with Gasteiger partial charge < -0.3 is 10.1 Å². The predicted molar refractivity (Wildman–Crippen MR) is 83.4 cm³/mol. The summed E-state index contributed by atoms with van der Waals surface area (Å²) >= 11 is 6.06. The monoisotopic (exact) mass is 293 g/mol. The summed E-state index contributed by atoms with van der Waals surface area (Å²) < 4.78 is 5.78. The highest BCUT2D eigenvalue weighted by atomic mass is 35.5. The third-order valence-corrected chi connectivity index (χ3v) is 4.86. The molecule has 3 heteroatoms. The third kappa shape index (κ3) is 3.36. The van der Waals surface area contributed by atoms with E-state index in [0.717, 1.165) is 24.5 Å². The summed E-state index contributed by atoms with van der Waals surface area (Å²) in [6.45, 7) is 5.27. The second-order valence-electron chi connectivity index (χ2n) is 6.88. The summed E-state index contributed by atoms with van der Waals surface area (Å²) in [7, 11) is 0. The first kappa shape index (κ1) is 14.4. The SMILES string of the molecule is CC1(C)CC(NC2CC(c3cccc(Cl)c3)C2)CCO1. The van der Waals surface area contributed by atoms with Gasteiger partial charge in [-0.2, -0.15) is 0 Å². The molecule has 1 atom stereocenters. The van der Waals surface area contributed by atoms with Crippen LogP contribution in [0.25, 0.3) is 0 Å². The lowest BCUT2D eigenvalue weighted by Crippen LogP contribution is -2.50. The van der Waals surface area contributed by atoms with Gasteiger partial charge in [-0.15, -0.1) is 0 Å². The van der Waals surface area contributed by atoms with Crippen molar-refractivity contribution < 1.29 is 4.74 Å². The second kappa shape index (κ2) is 5.67. The van der Waals surface area contributed by atoms with Gasteiger partial charge in [0.15, 0.2) is 0 Å². The molecule has 1 aromatic rings. The van der Waals surface area contributed by atoms with Gasteiger partial charge in [0.1, 0.15) is 0 Å². The van der Waals surface area contributed by atoms with Crippen molar-refractivity contribution in [2.45, 2.75) is 63.1 Å². The number of halogens is 1. The topological polar surface area (TPSA) is 21.3 Å². The average molecular weight is 294 g/mol. The van der Waals surface area contributed by atoms with E-state index in [2.05, 4.69) is 37.4 Å². The van der Waals surface area contributed by atoms with Crippen LogP contribution in [0.4, 0.5) is 0 Å². The normalized spacial score (nSPS) is 32.6. The molecule has 2 fully saturated rings. The van der Waals surface area contributed by atoms with Gasteiger partial charge in [0, 0.05) is 23.7 Å². The van der Waals surface area contributed by atoms with E-state index in [1.807, 2.05) is 6.07 Å². The number of hydrogen-bond donors (Lipinski definition) is 1. The van der Waals surface area contributed by atoms with Crippen molar-refractivity contribution in [1.82, 2.24) is 5.32 Å². The first-order valence-electron chi connectivity index (χ1n) is 7.67. The van der Waals surface area contributed by atoms with Crippen molar-refractivity contribution >= 4 is 11.6 Å². The molecule has 0 spiro atoms. The van der Waals surface area contributed by atoms with Crippen LogP contribution in [0.3, 0.4) is 0 Å². The van der Waals surface area contributed by atoms with Gasteiger partial charge in [0.25, 0.3) is 0 Å². The van der Waals surface area contributed by atoms with Crippen LogP contribution >= 0.6 is 11.6 Å². The van der Waals surface area contributed by atoms with Crippen LogP contribution in [0.2, 0.25) is 5.02 Å². The van der Waals surface area contributed by atoms with Crippen molar-refractivity contribution in [1.29, 1.82) is 0 Å². The summed E-state index contributed by atoms with van der Waals surface area (Å²) in [6, 6.07) is 9.59. The average Bonchev–Trinajstić information content (AvgIpc) is 2.32. The highest BCUT2D eigenvalue weighted by Gasteiger charge is 2.35. The van der Waals surface area contributed by atoms with E-state index < -0.39 is 0 Å². The lowest BCUT2D eigenvalue weighted by Gasteiger charge is -2.42. The molecule has 2 nitrogen and oxygen atoms in total. The highest BCUT2D eigenvalue weighted by molar-refractivity contribution is 6.30.